The van der Waals surface area contributed by atoms with Gasteiger partial charge in [-0.2, -0.15) is 0 Å². The molecule has 3 rings (SSSR count). The van der Waals surface area contributed by atoms with Crippen LogP contribution in [-0.4, -0.2) is 37.5 Å². The van der Waals surface area contributed by atoms with Crippen molar-refractivity contribution in [2.75, 3.05) is 26.8 Å². The van der Waals surface area contributed by atoms with E-state index in [1.54, 1.807) is 13.2 Å². The molecule has 1 aliphatic carbocycles. The Kier molecular flexibility index (Phi) is 6.13. The van der Waals surface area contributed by atoms with Gasteiger partial charge in [-0.05, 0) is 43.9 Å². The third-order valence-electron chi connectivity index (χ3n) is 5.57. The first-order chi connectivity index (χ1) is 11.0. The topological polar surface area (TPSA) is 50.7 Å². The van der Waals surface area contributed by atoms with Crippen molar-refractivity contribution in [1.29, 1.82) is 0 Å². The molecule has 0 spiro atoms. The largest absolute Gasteiger partial charge is 0.496 e. The van der Waals surface area contributed by atoms with Crippen LogP contribution in [0.25, 0.3) is 0 Å². The normalized spacial score (nSPS) is 27.3. The number of ether oxygens (including phenoxy) is 2. The van der Waals surface area contributed by atoms with Gasteiger partial charge in [0.15, 0.2) is 0 Å². The molecule has 0 aromatic heterocycles. The molecule has 2 N–H and O–H groups in total. The molecule has 4 nitrogen and oxygen atoms in total. The van der Waals surface area contributed by atoms with Crippen molar-refractivity contribution in [3.8, 4) is 5.75 Å². The highest BCUT2D eigenvalue weighted by atomic mass is 35.5. The second-order valence-corrected chi connectivity index (χ2v) is 6.83. The van der Waals surface area contributed by atoms with Gasteiger partial charge < -0.3 is 19.9 Å². The van der Waals surface area contributed by atoms with Gasteiger partial charge in [-0.25, -0.2) is 4.39 Å². The molecule has 1 aliphatic heterocycles. The lowest BCUT2D eigenvalue weighted by atomic mass is 9.69. The maximum Gasteiger partial charge on any atom is 0.138 e. The highest BCUT2D eigenvalue weighted by Gasteiger charge is 2.56. The van der Waals surface area contributed by atoms with Crippen LogP contribution in [0.1, 0.15) is 38.2 Å². The van der Waals surface area contributed by atoms with E-state index in [-0.39, 0.29) is 24.1 Å². The Morgan fingerprint density at radius 3 is 2.67 bits per heavy atom. The Bertz CT molecular complexity index is 555. The van der Waals surface area contributed by atoms with Crippen molar-refractivity contribution in [3.05, 3.63) is 29.6 Å². The molecular formula is C18H27ClFNO3. The van der Waals surface area contributed by atoms with E-state index in [9.17, 15) is 9.50 Å². The molecule has 1 saturated heterocycles. The summed E-state index contributed by atoms with van der Waals surface area (Å²) in [6.07, 6.45) is 4.17. The number of benzene rings is 1. The van der Waals surface area contributed by atoms with Crippen molar-refractivity contribution in [3.63, 3.8) is 0 Å². The van der Waals surface area contributed by atoms with Gasteiger partial charge >= 0.3 is 0 Å². The van der Waals surface area contributed by atoms with Gasteiger partial charge in [-0.3, -0.25) is 0 Å². The van der Waals surface area contributed by atoms with Crippen LogP contribution < -0.4 is 10.1 Å². The first-order valence-corrected chi connectivity index (χ1v) is 8.42. The van der Waals surface area contributed by atoms with Gasteiger partial charge in [-0.15, -0.1) is 12.4 Å². The van der Waals surface area contributed by atoms with Crippen LogP contribution in [0.5, 0.6) is 5.75 Å². The average molecular weight is 360 g/mol. The zero-order valence-electron chi connectivity index (χ0n) is 14.3. The van der Waals surface area contributed by atoms with E-state index < -0.39 is 11.2 Å². The highest BCUT2D eigenvalue weighted by molar-refractivity contribution is 5.85. The van der Waals surface area contributed by atoms with Crippen LogP contribution in [0.4, 0.5) is 4.39 Å². The van der Waals surface area contributed by atoms with E-state index in [0.29, 0.717) is 24.5 Å². The maximum absolute atomic E-state index is 14.0. The van der Waals surface area contributed by atoms with Crippen molar-refractivity contribution >= 4 is 12.4 Å². The molecule has 1 saturated carbocycles. The molecule has 24 heavy (non-hydrogen) atoms. The van der Waals surface area contributed by atoms with Gasteiger partial charge in [0.2, 0.25) is 0 Å². The third-order valence-corrected chi connectivity index (χ3v) is 5.57. The summed E-state index contributed by atoms with van der Waals surface area (Å²) in [5.41, 5.74) is -1.52. The number of methoxy groups -OCH3 is 1. The minimum atomic E-state index is -1.10. The molecule has 136 valence electrons. The standard InChI is InChI=1S/C18H26FNO3.ClH/c1-17(21,13-5-3-4-6-13)18(12-20-9-10-23-18)15-11-14(19)7-8-16(15)22-2;/h7-8,11,13,20-21H,3-6,9-10,12H2,1-2H3;1H. The van der Waals surface area contributed by atoms with Gasteiger partial charge in [0.1, 0.15) is 17.2 Å². The summed E-state index contributed by atoms with van der Waals surface area (Å²) in [5, 5.41) is 14.8. The summed E-state index contributed by atoms with van der Waals surface area (Å²) in [7, 11) is 1.56. The number of morpholine rings is 1. The molecule has 1 heterocycles. The number of hydrogen-bond acceptors (Lipinski definition) is 4. The summed E-state index contributed by atoms with van der Waals surface area (Å²) in [6.45, 7) is 3.47. The van der Waals surface area contributed by atoms with E-state index in [1.165, 1.54) is 12.1 Å². The van der Waals surface area contributed by atoms with Crippen LogP contribution in [-0.2, 0) is 10.3 Å². The summed E-state index contributed by atoms with van der Waals surface area (Å²) in [5.74, 6) is 0.334. The van der Waals surface area contributed by atoms with Crippen LogP contribution in [0.2, 0.25) is 0 Å². The van der Waals surface area contributed by atoms with E-state index in [2.05, 4.69) is 5.32 Å². The molecular weight excluding hydrogens is 333 g/mol. The monoisotopic (exact) mass is 359 g/mol. The van der Waals surface area contributed by atoms with Gasteiger partial charge in [0, 0.05) is 18.7 Å². The summed E-state index contributed by atoms with van der Waals surface area (Å²) in [4.78, 5) is 0. The molecule has 6 heteroatoms. The quantitative estimate of drug-likeness (QED) is 0.867. The fraction of sp³-hybridized carbons (Fsp3) is 0.667. The molecule has 2 atom stereocenters. The first kappa shape index (κ1) is 19.4. The molecule has 2 aliphatic rings. The zero-order chi connectivity index (χ0) is 16.5. The Balaban J connectivity index is 0.00000208. The van der Waals surface area contributed by atoms with Crippen LogP contribution in [0.3, 0.4) is 0 Å². The second kappa shape index (κ2) is 7.56. The molecule has 2 fully saturated rings. The lowest BCUT2D eigenvalue weighted by Gasteiger charge is -2.50. The molecule has 0 bridgehead atoms. The lowest BCUT2D eigenvalue weighted by molar-refractivity contribution is -0.216. The Hall–Kier alpha value is -0.880. The highest BCUT2D eigenvalue weighted by Crippen LogP contribution is 2.49. The number of nitrogens with one attached hydrogen (secondary N) is 1. The molecule has 1 aromatic carbocycles. The fourth-order valence-corrected chi connectivity index (χ4v) is 4.20. The fourth-order valence-electron chi connectivity index (χ4n) is 4.20. The van der Waals surface area contributed by atoms with Crippen LogP contribution >= 0.6 is 12.4 Å². The lowest BCUT2D eigenvalue weighted by Crippen LogP contribution is -2.63. The van der Waals surface area contributed by atoms with E-state index in [0.717, 1.165) is 32.2 Å². The summed E-state index contributed by atoms with van der Waals surface area (Å²) in [6, 6.07) is 4.42. The van der Waals surface area contributed by atoms with Crippen molar-refractivity contribution < 1.29 is 19.0 Å². The van der Waals surface area contributed by atoms with Gasteiger partial charge in [0.25, 0.3) is 0 Å². The number of aliphatic hydroxyl groups is 1. The predicted molar refractivity (Wildman–Crippen MR) is 93.3 cm³/mol. The smallest absolute Gasteiger partial charge is 0.138 e. The van der Waals surface area contributed by atoms with E-state index >= 15 is 0 Å². The second-order valence-electron chi connectivity index (χ2n) is 6.83. The van der Waals surface area contributed by atoms with Gasteiger partial charge in [0.05, 0.1) is 19.3 Å². The molecule has 1 aromatic rings. The number of hydrogen-bond donors (Lipinski definition) is 2. The molecule has 2 unspecified atom stereocenters. The number of halogens is 2. The van der Waals surface area contributed by atoms with Crippen molar-refractivity contribution in [2.45, 2.75) is 43.8 Å². The minimum Gasteiger partial charge on any atom is -0.496 e. The van der Waals surface area contributed by atoms with Crippen LogP contribution in [0.15, 0.2) is 18.2 Å². The summed E-state index contributed by atoms with van der Waals surface area (Å²) >= 11 is 0. The number of rotatable bonds is 4. The van der Waals surface area contributed by atoms with Crippen molar-refractivity contribution in [2.24, 2.45) is 5.92 Å². The van der Waals surface area contributed by atoms with Crippen LogP contribution in [0, 0.1) is 11.7 Å². The average Bonchev–Trinajstić information content (AvgIpc) is 3.10. The Labute approximate surface area is 149 Å². The summed E-state index contributed by atoms with van der Waals surface area (Å²) < 4.78 is 25.6. The Morgan fingerprint density at radius 1 is 1.38 bits per heavy atom. The minimum absolute atomic E-state index is 0. The third kappa shape index (κ3) is 3.15. The molecule has 0 amide bonds. The molecule has 0 radical (unpaired) electrons. The van der Waals surface area contributed by atoms with E-state index in [1.807, 2.05) is 6.92 Å². The van der Waals surface area contributed by atoms with Crippen molar-refractivity contribution in [1.82, 2.24) is 5.32 Å². The van der Waals surface area contributed by atoms with E-state index in [4.69, 9.17) is 9.47 Å². The first-order valence-electron chi connectivity index (χ1n) is 8.42. The zero-order valence-corrected chi connectivity index (χ0v) is 15.1. The predicted octanol–water partition coefficient (Wildman–Crippen LogP) is 3.01. The maximum atomic E-state index is 14.0. The SMILES string of the molecule is COc1ccc(F)cc1C1(C(C)(O)C2CCCC2)CNCCO1.Cl. The Morgan fingerprint density at radius 2 is 2.08 bits per heavy atom. The van der Waals surface area contributed by atoms with Gasteiger partial charge in [-0.1, -0.05) is 12.8 Å².